The van der Waals surface area contributed by atoms with Crippen LogP contribution in [0.1, 0.15) is 36.9 Å². The number of Topliss-reactive ketones (excluding diaryl/α,β-unsaturated/α-hetero) is 1. The van der Waals surface area contributed by atoms with Gasteiger partial charge in [0.1, 0.15) is 17.3 Å². The molecule has 30 heavy (non-hydrogen) atoms. The van der Waals surface area contributed by atoms with Crippen LogP contribution in [0.2, 0.25) is 5.02 Å². The molecule has 1 atom stereocenters. The predicted octanol–water partition coefficient (Wildman–Crippen LogP) is 4.58. The zero-order valence-corrected chi connectivity index (χ0v) is 17.9. The van der Waals surface area contributed by atoms with E-state index >= 15 is 0 Å². The van der Waals surface area contributed by atoms with Gasteiger partial charge in [0.2, 0.25) is 0 Å². The summed E-state index contributed by atoms with van der Waals surface area (Å²) >= 11 is 6.20. The molecular formula is C23H24ClNO5. The number of benzene rings is 2. The minimum absolute atomic E-state index is 0.0156. The molecule has 1 aliphatic rings. The molecule has 158 valence electrons. The number of aliphatic hydroxyl groups excluding tert-OH is 1. The van der Waals surface area contributed by atoms with Gasteiger partial charge in [0.15, 0.2) is 0 Å². The first-order chi connectivity index (χ1) is 14.4. The number of ketones is 1. The first-order valence-electron chi connectivity index (χ1n) is 9.69. The maximum absolute atomic E-state index is 13.0. The van der Waals surface area contributed by atoms with Crippen molar-refractivity contribution < 1.29 is 24.2 Å². The van der Waals surface area contributed by atoms with Crippen LogP contribution in [0.15, 0.2) is 48.0 Å². The SMILES string of the molecule is CCCCN1C(=O)C(=O)/C(=C(/O)c2ccc(OC)c(Cl)c2)C1c1ccccc1OC. The summed E-state index contributed by atoms with van der Waals surface area (Å²) in [5.41, 5.74) is 0.979. The van der Waals surface area contributed by atoms with Crippen LogP contribution in [-0.2, 0) is 9.59 Å². The standard InChI is InChI=1S/C23H24ClNO5/c1-4-5-12-25-20(15-8-6-7-9-17(15)29-2)19(22(27)23(25)28)21(26)14-10-11-18(30-3)16(24)13-14/h6-11,13,20,26H,4-5,12H2,1-3H3/b21-19+. The van der Waals surface area contributed by atoms with Gasteiger partial charge in [-0.05, 0) is 30.7 Å². The van der Waals surface area contributed by atoms with Gasteiger partial charge in [0.05, 0.1) is 30.9 Å². The van der Waals surface area contributed by atoms with Crippen LogP contribution in [0.3, 0.4) is 0 Å². The van der Waals surface area contributed by atoms with Crippen LogP contribution in [0.25, 0.3) is 5.76 Å². The number of carbonyl (C=O) groups excluding carboxylic acids is 2. The number of halogens is 1. The maximum atomic E-state index is 13.0. The molecule has 6 nitrogen and oxygen atoms in total. The fourth-order valence-electron chi connectivity index (χ4n) is 3.62. The Bertz CT molecular complexity index is 1000. The molecule has 1 aliphatic heterocycles. The lowest BCUT2D eigenvalue weighted by Crippen LogP contribution is -2.30. The number of likely N-dealkylation sites (tertiary alicyclic amines) is 1. The summed E-state index contributed by atoms with van der Waals surface area (Å²) in [6.45, 7) is 2.40. The smallest absolute Gasteiger partial charge is 0.295 e. The molecule has 1 heterocycles. The molecule has 0 spiro atoms. The highest BCUT2D eigenvalue weighted by molar-refractivity contribution is 6.46. The van der Waals surface area contributed by atoms with Crippen LogP contribution in [0.4, 0.5) is 0 Å². The van der Waals surface area contributed by atoms with E-state index < -0.39 is 17.7 Å². The number of rotatable bonds is 7. The highest BCUT2D eigenvalue weighted by Gasteiger charge is 2.46. The normalized spacial score (nSPS) is 18.0. The van der Waals surface area contributed by atoms with Crippen molar-refractivity contribution >= 4 is 29.1 Å². The largest absolute Gasteiger partial charge is 0.507 e. The van der Waals surface area contributed by atoms with E-state index in [9.17, 15) is 14.7 Å². The summed E-state index contributed by atoms with van der Waals surface area (Å²) in [6, 6.07) is 11.1. The van der Waals surface area contributed by atoms with Crippen molar-refractivity contribution in [1.29, 1.82) is 0 Å². The molecule has 1 unspecified atom stereocenters. The summed E-state index contributed by atoms with van der Waals surface area (Å²) in [5.74, 6) is -0.678. The number of amides is 1. The second-order valence-corrected chi connectivity index (χ2v) is 7.34. The number of aliphatic hydroxyl groups is 1. The van der Waals surface area contributed by atoms with Crippen molar-refractivity contribution in [1.82, 2.24) is 4.90 Å². The van der Waals surface area contributed by atoms with Gasteiger partial charge in [0, 0.05) is 17.7 Å². The molecule has 3 rings (SSSR count). The summed E-state index contributed by atoms with van der Waals surface area (Å²) in [7, 11) is 3.02. The molecule has 0 aliphatic carbocycles. The lowest BCUT2D eigenvalue weighted by molar-refractivity contribution is -0.139. The van der Waals surface area contributed by atoms with Crippen LogP contribution < -0.4 is 9.47 Å². The van der Waals surface area contributed by atoms with E-state index in [-0.39, 0.29) is 16.4 Å². The monoisotopic (exact) mass is 429 g/mol. The number of para-hydroxylation sites is 1. The Hall–Kier alpha value is -2.99. The van der Waals surface area contributed by atoms with E-state index in [1.807, 2.05) is 19.1 Å². The van der Waals surface area contributed by atoms with Crippen LogP contribution in [0.5, 0.6) is 11.5 Å². The van der Waals surface area contributed by atoms with E-state index in [4.69, 9.17) is 21.1 Å². The number of unbranched alkanes of at least 4 members (excludes halogenated alkanes) is 1. The molecule has 1 saturated heterocycles. The van der Waals surface area contributed by atoms with Gasteiger partial charge < -0.3 is 19.5 Å². The van der Waals surface area contributed by atoms with Crippen molar-refractivity contribution in [2.75, 3.05) is 20.8 Å². The molecule has 2 aromatic carbocycles. The number of carbonyl (C=O) groups is 2. The van der Waals surface area contributed by atoms with Crippen molar-refractivity contribution in [2.45, 2.75) is 25.8 Å². The van der Waals surface area contributed by atoms with E-state index in [0.29, 0.717) is 29.2 Å². The zero-order chi connectivity index (χ0) is 21.8. The first-order valence-corrected chi connectivity index (χ1v) is 10.1. The Morgan fingerprint density at radius 1 is 1.10 bits per heavy atom. The van der Waals surface area contributed by atoms with Crippen LogP contribution in [0, 0.1) is 0 Å². The van der Waals surface area contributed by atoms with Crippen LogP contribution in [-0.4, -0.2) is 42.5 Å². The van der Waals surface area contributed by atoms with E-state index in [1.54, 1.807) is 24.3 Å². The Labute approximate surface area is 180 Å². The molecule has 0 saturated carbocycles. The molecule has 0 radical (unpaired) electrons. The van der Waals surface area contributed by atoms with Crippen molar-refractivity contribution in [3.05, 3.63) is 64.2 Å². The number of methoxy groups -OCH3 is 2. The molecule has 7 heteroatoms. The Kier molecular flexibility index (Phi) is 6.67. The lowest BCUT2D eigenvalue weighted by atomic mass is 9.94. The highest BCUT2D eigenvalue weighted by atomic mass is 35.5. The molecular weight excluding hydrogens is 406 g/mol. The number of ether oxygens (including phenoxy) is 2. The maximum Gasteiger partial charge on any atom is 0.295 e. The third-order valence-electron chi connectivity index (χ3n) is 5.15. The topological polar surface area (TPSA) is 76.1 Å². The molecule has 2 aromatic rings. The molecule has 1 N–H and O–H groups in total. The van der Waals surface area contributed by atoms with Gasteiger partial charge in [-0.15, -0.1) is 0 Å². The number of hydrogen-bond acceptors (Lipinski definition) is 5. The summed E-state index contributed by atoms with van der Waals surface area (Å²) in [5, 5.41) is 11.4. The molecule has 0 aromatic heterocycles. The summed E-state index contributed by atoms with van der Waals surface area (Å²) in [6.07, 6.45) is 1.59. The second-order valence-electron chi connectivity index (χ2n) is 6.94. The average Bonchev–Trinajstić information content (AvgIpc) is 3.01. The third-order valence-corrected chi connectivity index (χ3v) is 5.45. The summed E-state index contributed by atoms with van der Waals surface area (Å²) < 4.78 is 10.6. The number of nitrogens with zero attached hydrogens (tertiary/aromatic N) is 1. The fourth-order valence-corrected chi connectivity index (χ4v) is 3.88. The van der Waals surface area contributed by atoms with E-state index in [2.05, 4.69) is 0 Å². The van der Waals surface area contributed by atoms with Gasteiger partial charge in [-0.2, -0.15) is 0 Å². The lowest BCUT2D eigenvalue weighted by Gasteiger charge is -2.26. The molecule has 0 bridgehead atoms. The van der Waals surface area contributed by atoms with Gasteiger partial charge >= 0.3 is 0 Å². The predicted molar refractivity (Wildman–Crippen MR) is 115 cm³/mol. The Balaban J connectivity index is 2.21. The van der Waals surface area contributed by atoms with Crippen molar-refractivity contribution in [3.63, 3.8) is 0 Å². The quantitative estimate of drug-likeness (QED) is 0.396. The first kappa shape index (κ1) is 21.7. The minimum Gasteiger partial charge on any atom is -0.507 e. The Morgan fingerprint density at radius 2 is 1.80 bits per heavy atom. The van der Waals surface area contributed by atoms with Gasteiger partial charge in [-0.1, -0.05) is 43.1 Å². The highest BCUT2D eigenvalue weighted by Crippen LogP contribution is 2.43. The van der Waals surface area contributed by atoms with Crippen molar-refractivity contribution in [2.24, 2.45) is 0 Å². The van der Waals surface area contributed by atoms with Crippen LogP contribution >= 0.6 is 11.6 Å². The minimum atomic E-state index is -0.756. The Morgan fingerprint density at radius 3 is 2.43 bits per heavy atom. The average molecular weight is 430 g/mol. The molecule has 1 amide bonds. The van der Waals surface area contributed by atoms with Gasteiger partial charge in [-0.3, -0.25) is 9.59 Å². The fraction of sp³-hybridized carbons (Fsp3) is 0.304. The van der Waals surface area contributed by atoms with Gasteiger partial charge in [-0.25, -0.2) is 0 Å². The molecule has 1 fully saturated rings. The summed E-state index contributed by atoms with van der Waals surface area (Å²) in [4.78, 5) is 27.3. The third kappa shape index (κ3) is 3.87. The second kappa shape index (κ2) is 9.22. The van der Waals surface area contributed by atoms with E-state index in [1.165, 1.54) is 25.2 Å². The van der Waals surface area contributed by atoms with Crippen molar-refractivity contribution in [3.8, 4) is 11.5 Å². The van der Waals surface area contributed by atoms with Gasteiger partial charge in [0.25, 0.3) is 11.7 Å². The van der Waals surface area contributed by atoms with E-state index in [0.717, 1.165) is 12.8 Å². The number of hydrogen-bond donors (Lipinski definition) is 1. The zero-order valence-electron chi connectivity index (χ0n) is 17.1.